The van der Waals surface area contributed by atoms with Gasteiger partial charge >= 0.3 is 11.9 Å². The van der Waals surface area contributed by atoms with Crippen molar-refractivity contribution in [1.29, 1.82) is 0 Å². The Morgan fingerprint density at radius 1 is 0.911 bits per heavy atom. The van der Waals surface area contributed by atoms with Gasteiger partial charge in [-0.15, -0.1) is 0 Å². The van der Waals surface area contributed by atoms with E-state index in [2.05, 4.69) is 4.90 Å². The summed E-state index contributed by atoms with van der Waals surface area (Å²) in [6.45, 7) is 23.2. The SMILES string of the molecule is CC[C@H]1OC(=O)[C@H](C)[C@@H](O[C@H]2C[C@@](C)(OC)[C@@H](OCCCOCCOC/C=C/c3ccc4c(c3)c(=O)c(C(=O)O)cn4CC)[C@H](C)O2)[C@H](C)[C@@H](O[C@@H]2O[C@H](C)C[C@H](N(C)C)[C@H]2O)[C@](C)(O)C[C@@H](C)CN(C)[C@H](C)[C@@H](OC)[C@]1(C)O. The van der Waals surface area contributed by atoms with Crippen molar-refractivity contribution in [1.82, 2.24) is 14.4 Å². The zero-order valence-electron chi connectivity index (χ0n) is 50.0. The fraction of sp³-hybridized carbons (Fsp3) is 0.780. The largest absolute Gasteiger partial charge is 0.477 e. The fourth-order valence-corrected chi connectivity index (χ4v) is 12.3. The summed E-state index contributed by atoms with van der Waals surface area (Å²) >= 11 is 0. The van der Waals surface area contributed by atoms with E-state index < -0.39 is 101 Å². The second-order valence-corrected chi connectivity index (χ2v) is 23.4. The lowest BCUT2D eigenvalue weighted by atomic mass is 9.77. The minimum Gasteiger partial charge on any atom is -0.477 e. The van der Waals surface area contributed by atoms with Crippen molar-refractivity contribution in [3.05, 3.63) is 51.8 Å². The Balaban J connectivity index is 1.27. The number of benzene rings is 1. The van der Waals surface area contributed by atoms with Crippen molar-refractivity contribution in [2.75, 3.05) is 74.9 Å². The normalized spacial score (nSPS) is 36.8. The van der Waals surface area contributed by atoms with E-state index in [-0.39, 0.29) is 42.5 Å². The predicted molar refractivity (Wildman–Crippen MR) is 299 cm³/mol. The minimum absolute atomic E-state index is 0.119. The number of pyridine rings is 1. The van der Waals surface area contributed by atoms with Crippen LogP contribution >= 0.6 is 0 Å². The number of aromatic carboxylic acids is 1. The Hall–Kier alpha value is -3.45. The molecule has 3 aliphatic heterocycles. The second kappa shape index (κ2) is 29.2. The van der Waals surface area contributed by atoms with Crippen LogP contribution in [0.25, 0.3) is 17.0 Å². The molecule has 0 amide bonds. The molecule has 0 spiro atoms. The summed E-state index contributed by atoms with van der Waals surface area (Å²) in [5.41, 5.74) is -3.45. The predicted octanol–water partition coefficient (Wildman–Crippen LogP) is 5.75. The fourth-order valence-electron chi connectivity index (χ4n) is 12.3. The molecule has 0 unspecified atom stereocenters. The van der Waals surface area contributed by atoms with E-state index in [4.69, 9.17) is 47.4 Å². The highest BCUT2D eigenvalue weighted by molar-refractivity contribution is 5.93. The van der Waals surface area contributed by atoms with Gasteiger partial charge in [-0.2, -0.15) is 0 Å². The summed E-state index contributed by atoms with van der Waals surface area (Å²) in [6.07, 6.45) is -1.36. The molecule has 0 bridgehead atoms. The van der Waals surface area contributed by atoms with E-state index in [9.17, 15) is 34.8 Å². The third-order valence-electron chi connectivity index (χ3n) is 16.7. The van der Waals surface area contributed by atoms with Crippen LogP contribution in [0.2, 0.25) is 0 Å². The van der Waals surface area contributed by atoms with E-state index in [0.29, 0.717) is 76.3 Å². The average molecular weight is 1120 g/mol. The highest BCUT2D eigenvalue weighted by atomic mass is 16.7. The van der Waals surface area contributed by atoms with E-state index in [1.54, 1.807) is 38.5 Å². The molecule has 5 rings (SSSR count). The number of carboxylic acid groups (broad SMARTS) is 1. The van der Waals surface area contributed by atoms with Gasteiger partial charge in [-0.25, -0.2) is 4.79 Å². The number of ether oxygens (including phenoxy) is 10. The standard InChI is InChI=1S/C59H97N3O17/c1-17-46-59(11,69)52(70-15)39(7)61(14)33-35(3)31-57(9,68)51(79-56-49(64)45(60(12)13)29-36(4)75-56)37(5)50(38(6)55(67)77-46)78-47-32-58(10,71-16)53(40(8)76-47)74-26-20-25-73-28-27-72-24-19-21-41-22-23-44-42(30-41)48(63)43(54(65)66)34-62(44)18-2/h19,21-23,30,34-40,45-47,49-53,56,64,68-69H,17-18,20,24-29,31-33H2,1-16H3,(H,65,66)/b21-19+/t35-,36-,37+,38-,39-,40+,45+,46-,47+,49-,50+,51-,52-,53+,56+,57-,58-,59-/m1/s1. The number of cyclic esters (lactones) is 1. The van der Waals surface area contributed by atoms with Gasteiger partial charge in [0.15, 0.2) is 12.6 Å². The first-order chi connectivity index (χ1) is 37.1. The van der Waals surface area contributed by atoms with E-state index in [0.717, 1.165) is 5.56 Å². The van der Waals surface area contributed by atoms with E-state index in [1.165, 1.54) is 13.3 Å². The summed E-state index contributed by atoms with van der Waals surface area (Å²) < 4.78 is 65.1. The molecule has 1 aromatic carbocycles. The number of hydrogen-bond donors (Lipinski definition) is 4. The number of aliphatic hydroxyl groups is 3. The lowest BCUT2D eigenvalue weighted by molar-refractivity contribution is -0.321. The smallest absolute Gasteiger partial charge is 0.341 e. The van der Waals surface area contributed by atoms with E-state index in [1.807, 2.05) is 106 Å². The van der Waals surface area contributed by atoms with Gasteiger partial charge in [0.1, 0.15) is 35.6 Å². The van der Waals surface area contributed by atoms with Crippen molar-refractivity contribution >= 4 is 28.9 Å². The maximum Gasteiger partial charge on any atom is 0.341 e. The number of methoxy groups -OCH3 is 2. The molecular weight excluding hydrogens is 1020 g/mol. The molecule has 4 N–H and O–H groups in total. The molecule has 0 radical (unpaired) electrons. The number of fused-ring (bicyclic) bond motifs is 1. The van der Waals surface area contributed by atoms with Crippen LogP contribution in [0.4, 0.5) is 0 Å². The van der Waals surface area contributed by atoms with Crippen molar-refractivity contribution in [2.24, 2.45) is 17.8 Å². The quantitative estimate of drug-likeness (QED) is 0.0860. The summed E-state index contributed by atoms with van der Waals surface area (Å²) in [4.78, 5) is 43.3. The summed E-state index contributed by atoms with van der Waals surface area (Å²) in [6, 6.07) is 4.76. The Labute approximate surface area is 468 Å². The highest BCUT2D eigenvalue weighted by Gasteiger charge is 2.53. The molecule has 3 aliphatic rings. The number of carbonyl (C=O) groups is 2. The Kier molecular flexibility index (Phi) is 24.5. The number of aliphatic hydroxyl groups excluding tert-OH is 1. The van der Waals surface area contributed by atoms with Crippen molar-refractivity contribution in [2.45, 2.75) is 205 Å². The molecule has 18 atom stereocenters. The Bertz CT molecular complexity index is 2350. The topological polar surface area (TPSA) is 236 Å². The van der Waals surface area contributed by atoms with Crippen molar-refractivity contribution in [3.63, 3.8) is 0 Å². The van der Waals surface area contributed by atoms with Gasteiger partial charge in [0, 0.05) is 76.5 Å². The Morgan fingerprint density at radius 2 is 1.61 bits per heavy atom. The van der Waals surface area contributed by atoms with Gasteiger partial charge in [-0.1, -0.05) is 39.0 Å². The monoisotopic (exact) mass is 1120 g/mol. The molecule has 20 nitrogen and oxygen atoms in total. The number of hydrogen-bond acceptors (Lipinski definition) is 18. The third-order valence-corrected chi connectivity index (χ3v) is 16.7. The molecule has 79 heavy (non-hydrogen) atoms. The number of aromatic nitrogens is 1. The number of rotatable bonds is 21. The van der Waals surface area contributed by atoms with Gasteiger partial charge in [0.2, 0.25) is 5.43 Å². The molecule has 450 valence electrons. The summed E-state index contributed by atoms with van der Waals surface area (Å²) in [5, 5.41) is 46.7. The van der Waals surface area contributed by atoms with Crippen LogP contribution in [-0.2, 0) is 58.7 Å². The van der Waals surface area contributed by atoms with Gasteiger partial charge in [0.05, 0.1) is 66.9 Å². The molecule has 3 fully saturated rings. The lowest BCUT2D eigenvalue weighted by Crippen LogP contribution is -2.61. The first kappa shape index (κ1) is 66.4. The second-order valence-electron chi connectivity index (χ2n) is 23.4. The molecular formula is C59H97N3O17. The molecule has 3 saturated heterocycles. The number of nitrogens with zero attached hydrogens (tertiary/aromatic N) is 3. The van der Waals surface area contributed by atoms with Crippen molar-refractivity contribution in [3.8, 4) is 0 Å². The molecule has 0 aliphatic carbocycles. The molecule has 0 saturated carbocycles. The zero-order valence-corrected chi connectivity index (χ0v) is 50.0. The van der Waals surface area contributed by atoms with E-state index >= 15 is 0 Å². The van der Waals surface area contributed by atoms with Gasteiger partial charge in [-0.05, 0) is 126 Å². The number of carbonyl (C=O) groups excluding carboxylic acids is 1. The zero-order chi connectivity index (χ0) is 58.7. The molecule has 4 heterocycles. The maximum atomic E-state index is 14.7. The van der Waals surface area contributed by atoms with Gasteiger partial charge in [-0.3, -0.25) is 9.59 Å². The molecule has 2 aromatic rings. The first-order valence-corrected chi connectivity index (χ1v) is 28.4. The van der Waals surface area contributed by atoms with Crippen LogP contribution in [0, 0.1) is 17.8 Å². The van der Waals surface area contributed by atoms with Gasteiger partial charge < -0.3 is 82.2 Å². The molecule has 1 aromatic heterocycles. The minimum atomic E-state index is -1.61. The third kappa shape index (κ3) is 16.4. The molecule has 20 heteroatoms. The number of esters is 1. The first-order valence-electron chi connectivity index (χ1n) is 28.4. The van der Waals surface area contributed by atoms with Crippen LogP contribution in [0.15, 0.2) is 35.3 Å². The van der Waals surface area contributed by atoms with Crippen LogP contribution < -0.4 is 5.43 Å². The lowest BCUT2D eigenvalue weighted by Gasteiger charge is -2.49. The number of aryl methyl sites for hydroxylation is 1. The number of likely N-dealkylation sites (N-methyl/N-ethyl adjacent to an activating group) is 2. The maximum absolute atomic E-state index is 14.7. The van der Waals surface area contributed by atoms with Gasteiger partial charge in [0.25, 0.3) is 0 Å². The van der Waals surface area contributed by atoms with Crippen LogP contribution in [0.5, 0.6) is 0 Å². The van der Waals surface area contributed by atoms with Crippen LogP contribution in [0.3, 0.4) is 0 Å². The summed E-state index contributed by atoms with van der Waals surface area (Å²) in [7, 11) is 8.89. The van der Waals surface area contributed by atoms with Crippen LogP contribution in [0.1, 0.15) is 124 Å². The average Bonchev–Trinajstić information content (AvgIpc) is 3.40. The number of carboxylic acids is 1. The highest BCUT2D eigenvalue weighted by Crippen LogP contribution is 2.41. The summed E-state index contributed by atoms with van der Waals surface area (Å²) in [5.74, 6) is -3.78. The van der Waals surface area contributed by atoms with Crippen molar-refractivity contribution < 1.29 is 77.4 Å². The van der Waals surface area contributed by atoms with Crippen LogP contribution in [-0.4, -0.2) is 212 Å². The Morgan fingerprint density at radius 3 is 2.24 bits per heavy atom.